The number of hydrogen-bond acceptors (Lipinski definition) is 6. The van der Waals surface area contributed by atoms with Gasteiger partial charge >= 0.3 is 0 Å². The first-order valence-electron chi connectivity index (χ1n) is 11.0. The Morgan fingerprint density at radius 3 is 2.44 bits per heavy atom. The van der Waals surface area contributed by atoms with E-state index in [-0.39, 0.29) is 17.7 Å². The van der Waals surface area contributed by atoms with Crippen LogP contribution in [0.3, 0.4) is 0 Å². The van der Waals surface area contributed by atoms with Crippen molar-refractivity contribution >= 4 is 17.4 Å². The van der Waals surface area contributed by atoms with Crippen LogP contribution in [0.2, 0.25) is 0 Å². The molecule has 0 unspecified atom stereocenters. The highest BCUT2D eigenvalue weighted by atomic mass is 16.5. The number of hydrogen-bond donors (Lipinski definition) is 1. The van der Waals surface area contributed by atoms with Crippen LogP contribution in [0.5, 0.6) is 0 Å². The number of imidazole rings is 1. The number of anilines is 1. The summed E-state index contributed by atoms with van der Waals surface area (Å²) in [6.45, 7) is 6.08. The predicted octanol–water partition coefficient (Wildman–Crippen LogP) is 4.26. The summed E-state index contributed by atoms with van der Waals surface area (Å²) in [4.78, 5) is 17.0. The molecule has 1 aromatic carbocycles. The van der Waals surface area contributed by atoms with Gasteiger partial charge in [-0.2, -0.15) is 10.2 Å². The largest absolute Gasteiger partial charge is 0.359 e. The molecule has 0 bridgehead atoms. The number of aromatic nitrogens is 6. The van der Waals surface area contributed by atoms with Gasteiger partial charge in [-0.15, -0.1) is 0 Å². The van der Waals surface area contributed by atoms with Crippen molar-refractivity contribution in [1.82, 2.24) is 29.5 Å². The number of fused-ring (bicyclic) bond motifs is 1. The lowest BCUT2D eigenvalue weighted by atomic mass is 9.93. The van der Waals surface area contributed by atoms with Gasteiger partial charge in [0.15, 0.2) is 11.5 Å². The van der Waals surface area contributed by atoms with Gasteiger partial charge in [-0.3, -0.25) is 9.48 Å². The van der Waals surface area contributed by atoms with Crippen LogP contribution in [-0.2, 0) is 23.7 Å². The van der Waals surface area contributed by atoms with E-state index in [1.165, 1.54) is 0 Å². The number of benzene rings is 1. The normalized spacial score (nSPS) is 11.8. The molecule has 0 spiro atoms. The molecule has 9 heteroatoms. The molecule has 0 radical (unpaired) electrons. The molecule has 1 N–H and O–H groups in total. The molecule has 34 heavy (non-hydrogen) atoms. The zero-order valence-electron chi connectivity index (χ0n) is 19.5. The summed E-state index contributed by atoms with van der Waals surface area (Å²) in [6, 6.07) is 11.6. The Hall–Kier alpha value is -4.27. The minimum absolute atomic E-state index is 0.152. The minimum Gasteiger partial charge on any atom is -0.359 e. The van der Waals surface area contributed by atoms with Crippen LogP contribution in [0.25, 0.3) is 28.0 Å². The summed E-state index contributed by atoms with van der Waals surface area (Å²) in [5.41, 5.74) is 5.26. The predicted molar refractivity (Wildman–Crippen MR) is 128 cm³/mol. The quantitative estimate of drug-likeness (QED) is 0.425. The van der Waals surface area contributed by atoms with Crippen LogP contribution in [0.15, 0.2) is 65.7 Å². The SMILES string of the molecule is Cn1cc(-c2cnn3c(-c4ccc(CC(=O)Nc5cc(C(C)(C)C)on5)cc4)cnc3c2)cn1. The first kappa shape index (κ1) is 21.6. The Kier molecular flexibility index (Phi) is 5.24. The average molecular weight is 456 g/mol. The smallest absolute Gasteiger partial charge is 0.230 e. The molecule has 0 fully saturated rings. The van der Waals surface area contributed by atoms with Crippen molar-refractivity contribution in [3.63, 3.8) is 0 Å². The van der Waals surface area contributed by atoms with Gasteiger partial charge < -0.3 is 9.84 Å². The Morgan fingerprint density at radius 2 is 1.76 bits per heavy atom. The number of amides is 1. The Labute approximate surface area is 196 Å². The van der Waals surface area contributed by atoms with Crippen molar-refractivity contribution in [2.24, 2.45) is 7.05 Å². The first-order chi connectivity index (χ1) is 16.3. The van der Waals surface area contributed by atoms with Crippen molar-refractivity contribution in [2.45, 2.75) is 32.6 Å². The summed E-state index contributed by atoms with van der Waals surface area (Å²) in [7, 11) is 1.88. The zero-order valence-corrected chi connectivity index (χ0v) is 19.5. The number of carbonyl (C=O) groups excluding carboxylic acids is 1. The van der Waals surface area contributed by atoms with E-state index in [4.69, 9.17) is 4.52 Å². The van der Waals surface area contributed by atoms with Crippen molar-refractivity contribution in [3.05, 3.63) is 72.5 Å². The molecule has 4 heterocycles. The summed E-state index contributed by atoms with van der Waals surface area (Å²) >= 11 is 0. The zero-order chi connectivity index (χ0) is 23.9. The second-order valence-corrected chi connectivity index (χ2v) is 9.31. The first-order valence-corrected chi connectivity index (χ1v) is 11.0. The minimum atomic E-state index is -0.168. The number of nitrogens with one attached hydrogen (secondary N) is 1. The van der Waals surface area contributed by atoms with E-state index in [0.29, 0.717) is 5.82 Å². The fourth-order valence-electron chi connectivity index (χ4n) is 3.65. The van der Waals surface area contributed by atoms with Crippen LogP contribution in [0.4, 0.5) is 5.82 Å². The molecule has 0 saturated heterocycles. The summed E-state index contributed by atoms with van der Waals surface area (Å²) in [5.74, 6) is 0.997. The van der Waals surface area contributed by atoms with Gasteiger partial charge in [0.05, 0.1) is 30.7 Å². The van der Waals surface area contributed by atoms with Gasteiger partial charge in [-0.1, -0.05) is 50.2 Å². The maximum atomic E-state index is 12.5. The van der Waals surface area contributed by atoms with Crippen molar-refractivity contribution < 1.29 is 9.32 Å². The average Bonchev–Trinajstić information content (AvgIpc) is 3.53. The van der Waals surface area contributed by atoms with Gasteiger partial charge in [0.1, 0.15) is 5.76 Å². The van der Waals surface area contributed by atoms with Crippen molar-refractivity contribution in [2.75, 3.05) is 5.32 Å². The van der Waals surface area contributed by atoms with Crippen LogP contribution in [0.1, 0.15) is 32.1 Å². The van der Waals surface area contributed by atoms with E-state index in [9.17, 15) is 4.79 Å². The molecule has 0 atom stereocenters. The van der Waals surface area contributed by atoms with Crippen LogP contribution in [-0.4, -0.2) is 35.4 Å². The standard InChI is InChI=1S/C25H25N7O2/c1-25(2,3)21-11-22(30-34-21)29-24(33)9-16-5-7-17(8-6-16)20-14-26-23-10-18(12-28-32(20)23)19-13-27-31(4)15-19/h5-8,10-15H,9H2,1-4H3,(H,29,30,33). The molecule has 0 aliphatic rings. The third-order valence-corrected chi connectivity index (χ3v) is 5.53. The summed E-state index contributed by atoms with van der Waals surface area (Å²) in [5, 5.41) is 15.5. The molecule has 5 rings (SSSR count). The second-order valence-electron chi connectivity index (χ2n) is 9.31. The van der Waals surface area contributed by atoms with Gasteiger partial charge in [0.2, 0.25) is 5.91 Å². The molecule has 5 aromatic rings. The molecule has 0 aliphatic heterocycles. The number of aryl methyl sites for hydroxylation is 1. The molecule has 9 nitrogen and oxygen atoms in total. The number of rotatable bonds is 5. The molecule has 1 amide bonds. The lowest BCUT2D eigenvalue weighted by Gasteiger charge is -2.12. The fourth-order valence-corrected chi connectivity index (χ4v) is 3.65. The molecule has 4 aromatic heterocycles. The van der Waals surface area contributed by atoms with Crippen LogP contribution < -0.4 is 5.32 Å². The summed E-state index contributed by atoms with van der Waals surface area (Å²) in [6.07, 6.45) is 7.59. The van der Waals surface area contributed by atoms with Gasteiger partial charge in [0.25, 0.3) is 0 Å². The lowest BCUT2D eigenvalue weighted by molar-refractivity contribution is -0.115. The Morgan fingerprint density at radius 1 is 1.00 bits per heavy atom. The van der Waals surface area contributed by atoms with E-state index < -0.39 is 0 Å². The monoisotopic (exact) mass is 455 g/mol. The molecular formula is C25H25N7O2. The third kappa shape index (κ3) is 4.32. The van der Waals surface area contributed by atoms with E-state index in [1.807, 2.05) is 70.5 Å². The summed E-state index contributed by atoms with van der Waals surface area (Å²) < 4.78 is 8.88. The number of carbonyl (C=O) groups is 1. The number of nitrogens with zero attached hydrogens (tertiary/aromatic N) is 6. The van der Waals surface area contributed by atoms with Crippen LogP contribution in [0, 0.1) is 0 Å². The van der Waals surface area contributed by atoms with E-state index in [2.05, 4.69) is 25.7 Å². The lowest BCUT2D eigenvalue weighted by Crippen LogP contribution is -2.14. The highest BCUT2D eigenvalue weighted by Crippen LogP contribution is 2.25. The Bertz CT molecular complexity index is 1470. The fraction of sp³-hybridized carbons (Fsp3) is 0.240. The molecule has 172 valence electrons. The molecule has 0 saturated carbocycles. The van der Waals surface area contributed by atoms with Crippen molar-refractivity contribution in [3.8, 4) is 22.4 Å². The maximum absolute atomic E-state index is 12.5. The van der Waals surface area contributed by atoms with E-state index in [0.717, 1.165) is 39.4 Å². The second kappa shape index (κ2) is 8.26. The van der Waals surface area contributed by atoms with E-state index >= 15 is 0 Å². The highest BCUT2D eigenvalue weighted by Gasteiger charge is 2.20. The highest BCUT2D eigenvalue weighted by molar-refractivity contribution is 5.91. The van der Waals surface area contributed by atoms with E-state index in [1.54, 1.807) is 27.7 Å². The molecule has 0 aliphatic carbocycles. The van der Waals surface area contributed by atoms with Gasteiger partial charge in [0, 0.05) is 41.4 Å². The van der Waals surface area contributed by atoms with Crippen molar-refractivity contribution in [1.29, 1.82) is 0 Å². The Balaban J connectivity index is 1.29. The third-order valence-electron chi connectivity index (χ3n) is 5.53. The van der Waals surface area contributed by atoms with Gasteiger partial charge in [-0.25, -0.2) is 9.50 Å². The van der Waals surface area contributed by atoms with Crippen LogP contribution >= 0.6 is 0 Å². The topological polar surface area (TPSA) is 103 Å². The maximum Gasteiger partial charge on any atom is 0.230 e. The molecular weight excluding hydrogens is 430 g/mol. The van der Waals surface area contributed by atoms with Gasteiger partial charge in [-0.05, 0) is 11.6 Å².